The average molecular weight is 505 g/mol. The van der Waals surface area contributed by atoms with Crippen molar-refractivity contribution in [2.75, 3.05) is 0 Å². The molecule has 0 aliphatic heterocycles. The fraction of sp³-hybridized carbons (Fsp3) is 0.875. The molecule has 0 N–H and O–H groups in total. The first-order chi connectivity index (χ1) is 14.9. The van der Waals surface area contributed by atoms with Crippen molar-refractivity contribution in [1.29, 1.82) is 0 Å². The van der Waals surface area contributed by atoms with Gasteiger partial charge in [-0.3, -0.25) is 0 Å². The average Bonchev–Trinajstić information content (AvgIpc) is 2.75. The van der Waals surface area contributed by atoms with Crippen molar-refractivity contribution in [1.82, 2.24) is 0 Å². The minimum absolute atomic E-state index is 0.265. The van der Waals surface area contributed by atoms with Crippen LogP contribution in [0.4, 0.5) is 0 Å². The molecule has 0 heterocycles. The Hall–Kier alpha value is -1.03. The van der Waals surface area contributed by atoms with Crippen molar-refractivity contribution in [2.45, 2.75) is 119 Å². The van der Waals surface area contributed by atoms with E-state index >= 15 is 0 Å². The fourth-order valence-corrected chi connectivity index (χ4v) is 5.42. The van der Waals surface area contributed by atoms with E-state index in [2.05, 4.69) is 20.8 Å². The monoisotopic (exact) mass is 504 g/mol. The molecule has 0 saturated heterocycles. The molecule has 7 heteroatoms. The summed E-state index contributed by atoms with van der Waals surface area (Å²) in [5, 5.41) is 0. The van der Waals surface area contributed by atoms with Crippen LogP contribution in [0, 0.1) is 17.8 Å². The van der Waals surface area contributed by atoms with Gasteiger partial charge >= 0.3 is 195 Å². The molecule has 3 unspecified atom stereocenters. The van der Waals surface area contributed by atoms with E-state index in [9.17, 15) is 14.4 Å². The summed E-state index contributed by atoms with van der Waals surface area (Å²) in [4.78, 5) is 38.1. The first-order valence-corrected chi connectivity index (χ1v) is 14.6. The zero-order chi connectivity index (χ0) is 23.6. The van der Waals surface area contributed by atoms with Crippen molar-refractivity contribution in [3.63, 3.8) is 0 Å². The Labute approximate surface area is 195 Å². The van der Waals surface area contributed by atoms with Crippen LogP contribution in [-0.2, 0) is 25.6 Å². The van der Waals surface area contributed by atoms with Crippen LogP contribution in [-0.4, -0.2) is 33.6 Å². The molecule has 6 nitrogen and oxygen atoms in total. The maximum absolute atomic E-state index is 12.7. The van der Waals surface area contributed by atoms with Crippen LogP contribution in [0.5, 0.6) is 0 Å². The fourth-order valence-electron chi connectivity index (χ4n) is 3.32. The number of rotatable bonds is 18. The quantitative estimate of drug-likeness (QED) is 0.205. The molecule has 0 aromatic rings. The van der Waals surface area contributed by atoms with Crippen LogP contribution < -0.4 is 0 Å². The van der Waals surface area contributed by atoms with Crippen molar-refractivity contribution >= 4 is 33.6 Å². The predicted octanol–water partition coefficient (Wildman–Crippen LogP) is 6.25. The Morgan fingerprint density at radius 3 is 1.00 bits per heavy atom. The molecule has 31 heavy (non-hydrogen) atoms. The first kappa shape index (κ1) is 30.0. The van der Waals surface area contributed by atoms with E-state index in [1.807, 2.05) is 20.8 Å². The minimum atomic E-state index is -3.35. The molecule has 0 spiro atoms. The molecule has 0 amide bonds. The molecule has 0 aromatic heterocycles. The van der Waals surface area contributed by atoms with Crippen molar-refractivity contribution in [3.8, 4) is 0 Å². The van der Waals surface area contributed by atoms with Crippen LogP contribution in [0.2, 0.25) is 0 Å². The van der Waals surface area contributed by atoms with Gasteiger partial charge in [0, 0.05) is 0 Å². The summed E-state index contributed by atoms with van der Waals surface area (Å²) in [6.45, 7) is 12.0. The summed E-state index contributed by atoms with van der Waals surface area (Å²) in [6.07, 6.45) is 9.81. The van der Waals surface area contributed by atoms with Crippen molar-refractivity contribution in [3.05, 3.63) is 0 Å². The zero-order valence-electron chi connectivity index (χ0n) is 20.6. The molecule has 0 saturated carbocycles. The molecule has 0 fully saturated rings. The third-order valence-electron chi connectivity index (χ3n) is 5.69. The van der Waals surface area contributed by atoms with Gasteiger partial charge in [0.2, 0.25) is 0 Å². The van der Waals surface area contributed by atoms with Crippen LogP contribution in [0.15, 0.2) is 0 Å². The van der Waals surface area contributed by atoms with E-state index in [-0.39, 0.29) is 17.8 Å². The van der Waals surface area contributed by atoms with Gasteiger partial charge < -0.3 is 0 Å². The molecular weight excluding hydrogens is 459 g/mol. The molecule has 3 atom stereocenters. The second kappa shape index (κ2) is 18.5. The molecule has 0 aromatic carbocycles. The molecule has 0 radical (unpaired) electrons. The summed E-state index contributed by atoms with van der Waals surface area (Å²) in [5.74, 6) is -2.05. The van der Waals surface area contributed by atoms with Gasteiger partial charge in [0.05, 0.1) is 0 Å². The third-order valence-corrected chi connectivity index (χ3v) is 7.76. The van der Waals surface area contributed by atoms with Crippen molar-refractivity contribution in [2.24, 2.45) is 17.8 Å². The predicted molar refractivity (Wildman–Crippen MR) is 124 cm³/mol. The number of hydrogen-bond acceptors (Lipinski definition) is 6. The SMILES string of the molecule is CCCCC(CC)C(=O)O[As](OC(=O)C(CC)CCCC)OC(=O)C(CC)CCCC. The summed E-state index contributed by atoms with van der Waals surface area (Å²) >= 11 is -3.35. The molecule has 0 aliphatic carbocycles. The van der Waals surface area contributed by atoms with Crippen LogP contribution in [0.25, 0.3) is 0 Å². The van der Waals surface area contributed by atoms with Crippen LogP contribution >= 0.6 is 0 Å². The molecule has 182 valence electrons. The van der Waals surface area contributed by atoms with E-state index in [1.165, 1.54) is 0 Å². The second-order valence-corrected chi connectivity index (χ2v) is 10.3. The molecule has 0 aliphatic rings. The van der Waals surface area contributed by atoms with Gasteiger partial charge in [0.1, 0.15) is 0 Å². The Bertz CT molecular complexity index is 439. The van der Waals surface area contributed by atoms with E-state index < -0.39 is 33.6 Å². The normalized spacial score (nSPS) is 14.9. The third kappa shape index (κ3) is 12.6. The second-order valence-electron chi connectivity index (χ2n) is 8.20. The van der Waals surface area contributed by atoms with Gasteiger partial charge in [-0.25, -0.2) is 0 Å². The van der Waals surface area contributed by atoms with E-state index in [0.717, 1.165) is 57.8 Å². The molecule has 0 rings (SSSR count). The standard InChI is InChI=1S/C24H45AsO6/c1-7-13-16-19(10-4)22(26)29-25(30-23(27)20(11-5)17-14-8-2)31-24(28)21(12-6)18-15-9-3/h19-21H,7-18H2,1-6H3. The van der Waals surface area contributed by atoms with Gasteiger partial charge in [-0.1, -0.05) is 0 Å². The van der Waals surface area contributed by atoms with Crippen LogP contribution in [0.3, 0.4) is 0 Å². The summed E-state index contributed by atoms with van der Waals surface area (Å²) in [6, 6.07) is 0. The van der Waals surface area contributed by atoms with Crippen LogP contribution in [0.1, 0.15) is 119 Å². The summed E-state index contributed by atoms with van der Waals surface area (Å²) in [5.41, 5.74) is 0. The Morgan fingerprint density at radius 1 is 0.548 bits per heavy atom. The summed E-state index contributed by atoms with van der Waals surface area (Å²) < 4.78 is 16.7. The van der Waals surface area contributed by atoms with Gasteiger partial charge in [-0.15, -0.1) is 0 Å². The van der Waals surface area contributed by atoms with Crippen molar-refractivity contribution < 1.29 is 25.6 Å². The van der Waals surface area contributed by atoms with Gasteiger partial charge in [-0.05, 0) is 0 Å². The first-order valence-electron chi connectivity index (χ1n) is 12.3. The van der Waals surface area contributed by atoms with E-state index in [1.54, 1.807) is 0 Å². The topological polar surface area (TPSA) is 78.9 Å². The Morgan fingerprint density at radius 2 is 0.806 bits per heavy atom. The summed E-state index contributed by atoms with van der Waals surface area (Å²) in [7, 11) is 0. The number of unbranched alkanes of at least 4 members (excludes halogenated alkanes) is 3. The molecule has 0 bridgehead atoms. The number of hydrogen-bond donors (Lipinski definition) is 0. The van der Waals surface area contributed by atoms with E-state index in [4.69, 9.17) is 11.2 Å². The zero-order valence-corrected chi connectivity index (χ0v) is 22.5. The Balaban J connectivity index is 5.32. The molecular formula is C24H45AsO6. The number of carbonyl (C=O) groups excluding carboxylic acids is 3. The van der Waals surface area contributed by atoms with Gasteiger partial charge in [-0.2, -0.15) is 0 Å². The maximum atomic E-state index is 12.7. The van der Waals surface area contributed by atoms with E-state index in [0.29, 0.717) is 19.3 Å². The Kier molecular flexibility index (Phi) is 17.9. The number of carbonyl (C=O) groups is 3. The van der Waals surface area contributed by atoms with Gasteiger partial charge in [0.25, 0.3) is 0 Å². The van der Waals surface area contributed by atoms with Gasteiger partial charge in [0.15, 0.2) is 0 Å².